The van der Waals surface area contributed by atoms with Crippen LogP contribution < -0.4 is 4.74 Å². The van der Waals surface area contributed by atoms with Crippen LogP contribution in [0.1, 0.15) is 31.7 Å². The predicted molar refractivity (Wildman–Crippen MR) is 111 cm³/mol. The molecule has 0 amide bonds. The van der Waals surface area contributed by atoms with Crippen molar-refractivity contribution in [2.24, 2.45) is 0 Å². The van der Waals surface area contributed by atoms with E-state index in [-0.39, 0.29) is 0 Å². The molecule has 0 spiro atoms. The third kappa shape index (κ3) is 3.71. The fourth-order valence-electron chi connectivity index (χ4n) is 3.44. The molecule has 0 saturated carbocycles. The van der Waals surface area contributed by atoms with Crippen LogP contribution in [0.15, 0.2) is 54.7 Å². The number of nitrogens with zero attached hydrogens (tertiary/aromatic N) is 3. The van der Waals surface area contributed by atoms with Gasteiger partial charge in [0, 0.05) is 18.5 Å². The molecule has 0 aliphatic carbocycles. The molecule has 144 valence electrons. The molecule has 0 radical (unpaired) electrons. The van der Waals surface area contributed by atoms with Gasteiger partial charge in [0.2, 0.25) is 0 Å². The Morgan fingerprint density at radius 2 is 1.82 bits per heavy atom. The molecule has 0 fully saturated rings. The van der Waals surface area contributed by atoms with Gasteiger partial charge in [-0.2, -0.15) is 0 Å². The second-order valence-electron chi connectivity index (χ2n) is 6.76. The summed E-state index contributed by atoms with van der Waals surface area (Å²) in [5, 5.41) is 1.06. The first-order chi connectivity index (χ1) is 13.8. The topological polar surface area (TPSA) is 49.2 Å². The number of fused-ring (bicyclic) bond motifs is 3. The van der Waals surface area contributed by atoms with Crippen LogP contribution in [0.4, 0.5) is 0 Å². The van der Waals surface area contributed by atoms with Gasteiger partial charge in [-0.3, -0.25) is 4.98 Å². The number of rotatable bonds is 8. The molecule has 0 aliphatic heterocycles. The van der Waals surface area contributed by atoms with Gasteiger partial charge >= 0.3 is 0 Å². The minimum Gasteiger partial charge on any atom is -0.489 e. The Morgan fingerprint density at radius 1 is 0.964 bits per heavy atom. The molecule has 0 unspecified atom stereocenters. The van der Waals surface area contributed by atoms with Crippen LogP contribution in [-0.2, 0) is 24.5 Å². The van der Waals surface area contributed by atoms with Crippen molar-refractivity contribution in [3.05, 3.63) is 66.1 Å². The molecule has 2 aromatic carbocycles. The summed E-state index contributed by atoms with van der Waals surface area (Å²) in [6, 6.07) is 16.3. The highest BCUT2D eigenvalue weighted by atomic mass is 16.5. The van der Waals surface area contributed by atoms with Crippen LogP contribution in [0, 0.1) is 0 Å². The van der Waals surface area contributed by atoms with E-state index in [0.29, 0.717) is 19.8 Å². The maximum absolute atomic E-state index is 6.04. The molecule has 0 aliphatic rings. The number of hydrogen-bond acceptors (Lipinski definition) is 4. The quantitative estimate of drug-likeness (QED) is 0.429. The monoisotopic (exact) mass is 375 g/mol. The summed E-state index contributed by atoms with van der Waals surface area (Å²) in [6.45, 7) is 6.80. The van der Waals surface area contributed by atoms with E-state index in [1.54, 1.807) is 0 Å². The van der Waals surface area contributed by atoms with Crippen LogP contribution in [-0.4, -0.2) is 21.1 Å². The summed E-state index contributed by atoms with van der Waals surface area (Å²) >= 11 is 0. The Hall–Kier alpha value is -2.92. The molecule has 2 heterocycles. The Kier molecular flexibility index (Phi) is 5.53. The Morgan fingerprint density at radius 3 is 2.61 bits per heavy atom. The van der Waals surface area contributed by atoms with Gasteiger partial charge in [0.15, 0.2) is 0 Å². The summed E-state index contributed by atoms with van der Waals surface area (Å²) in [5.74, 6) is 1.78. The molecule has 0 N–H and O–H groups in total. The minimum atomic E-state index is 0.511. The van der Waals surface area contributed by atoms with Gasteiger partial charge in [0.25, 0.3) is 0 Å². The molecule has 0 bridgehead atoms. The van der Waals surface area contributed by atoms with Gasteiger partial charge in [-0.15, -0.1) is 0 Å². The van der Waals surface area contributed by atoms with Crippen molar-refractivity contribution in [2.75, 3.05) is 6.61 Å². The SMILES string of the molecule is CCCn1c(COCC)nc2cnc3ccc(OCc4ccccc4)cc3c21. The molecule has 28 heavy (non-hydrogen) atoms. The molecular weight excluding hydrogens is 350 g/mol. The van der Waals surface area contributed by atoms with E-state index in [9.17, 15) is 0 Å². The lowest BCUT2D eigenvalue weighted by Crippen LogP contribution is -2.05. The molecule has 5 heteroatoms. The van der Waals surface area contributed by atoms with E-state index >= 15 is 0 Å². The zero-order chi connectivity index (χ0) is 19.3. The second kappa shape index (κ2) is 8.40. The number of ether oxygens (including phenoxy) is 2. The maximum Gasteiger partial charge on any atom is 0.136 e. The number of imidazole rings is 1. The Balaban J connectivity index is 1.75. The summed E-state index contributed by atoms with van der Waals surface area (Å²) in [4.78, 5) is 9.37. The largest absolute Gasteiger partial charge is 0.489 e. The lowest BCUT2D eigenvalue weighted by molar-refractivity contribution is 0.126. The summed E-state index contributed by atoms with van der Waals surface area (Å²) in [5.41, 5.74) is 4.09. The highest BCUT2D eigenvalue weighted by Crippen LogP contribution is 2.29. The molecule has 5 nitrogen and oxygen atoms in total. The summed E-state index contributed by atoms with van der Waals surface area (Å²) in [6.07, 6.45) is 2.88. The standard InChI is InChI=1S/C23H25N3O2/c1-3-12-26-22(16-27-4-2)25-21-14-24-20-11-10-18(13-19(20)23(21)26)28-15-17-8-6-5-7-9-17/h5-11,13-14H,3-4,12,15-16H2,1-2H3. The van der Waals surface area contributed by atoms with Gasteiger partial charge in [0.05, 0.1) is 17.2 Å². The van der Waals surface area contributed by atoms with E-state index in [0.717, 1.165) is 52.0 Å². The average molecular weight is 375 g/mol. The molecule has 0 atom stereocenters. The van der Waals surface area contributed by atoms with Crippen molar-refractivity contribution in [3.63, 3.8) is 0 Å². The van der Waals surface area contributed by atoms with Crippen molar-refractivity contribution < 1.29 is 9.47 Å². The summed E-state index contributed by atoms with van der Waals surface area (Å²) in [7, 11) is 0. The van der Waals surface area contributed by atoms with Crippen LogP contribution in [0.2, 0.25) is 0 Å². The smallest absolute Gasteiger partial charge is 0.136 e. The van der Waals surface area contributed by atoms with E-state index in [4.69, 9.17) is 14.5 Å². The zero-order valence-electron chi connectivity index (χ0n) is 16.4. The fraction of sp³-hybridized carbons (Fsp3) is 0.304. The van der Waals surface area contributed by atoms with Crippen molar-refractivity contribution in [3.8, 4) is 5.75 Å². The van der Waals surface area contributed by atoms with Crippen LogP contribution >= 0.6 is 0 Å². The number of benzene rings is 2. The Bertz CT molecular complexity index is 1070. The van der Waals surface area contributed by atoms with Crippen molar-refractivity contribution in [1.29, 1.82) is 0 Å². The third-order valence-electron chi connectivity index (χ3n) is 4.75. The summed E-state index contributed by atoms with van der Waals surface area (Å²) < 4.78 is 13.9. The molecular formula is C23H25N3O2. The van der Waals surface area contributed by atoms with Gasteiger partial charge in [0.1, 0.15) is 30.3 Å². The number of hydrogen-bond donors (Lipinski definition) is 0. The van der Waals surface area contributed by atoms with Crippen molar-refractivity contribution >= 4 is 21.9 Å². The lowest BCUT2D eigenvalue weighted by atomic mass is 10.1. The van der Waals surface area contributed by atoms with Crippen LogP contribution in [0.3, 0.4) is 0 Å². The molecule has 4 aromatic rings. The predicted octanol–water partition coefficient (Wildman–Crippen LogP) is 5.11. The first-order valence-corrected chi connectivity index (χ1v) is 9.82. The van der Waals surface area contributed by atoms with Crippen LogP contribution in [0.5, 0.6) is 5.75 Å². The molecule has 4 rings (SSSR count). The number of pyridine rings is 1. The molecule has 0 saturated heterocycles. The maximum atomic E-state index is 6.04. The minimum absolute atomic E-state index is 0.511. The lowest BCUT2D eigenvalue weighted by Gasteiger charge is -2.11. The first kappa shape index (κ1) is 18.4. The van der Waals surface area contributed by atoms with Crippen molar-refractivity contribution in [2.45, 2.75) is 40.0 Å². The highest BCUT2D eigenvalue weighted by Gasteiger charge is 2.14. The first-order valence-electron chi connectivity index (χ1n) is 9.82. The van der Waals surface area contributed by atoms with Gasteiger partial charge in [-0.1, -0.05) is 37.3 Å². The second-order valence-corrected chi connectivity index (χ2v) is 6.76. The number of aryl methyl sites for hydroxylation is 1. The van der Waals surface area contributed by atoms with E-state index in [2.05, 4.69) is 34.7 Å². The Labute approximate surface area is 164 Å². The van der Waals surface area contributed by atoms with E-state index in [1.807, 2.05) is 43.5 Å². The molecule has 2 aromatic heterocycles. The van der Waals surface area contributed by atoms with E-state index in [1.165, 1.54) is 0 Å². The number of aromatic nitrogens is 3. The van der Waals surface area contributed by atoms with E-state index < -0.39 is 0 Å². The highest BCUT2D eigenvalue weighted by molar-refractivity contribution is 6.02. The van der Waals surface area contributed by atoms with Gasteiger partial charge < -0.3 is 14.0 Å². The van der Waals surface area contributed by atoms with Gasteiger partial charge in [-0.05, 0) is 37.1 Å². The third-order valence-corrected chi connectivity index (χ3v) is 4.75. The zero-order valence-corrected chi connectivity index (χ0v) is 16.4. The normalized spacial score (nSPS) is 11.4. The van der Waals surface area contributed by atoms with Crippen LogP contribution in [0.25, 0.3) is 21.9 Å². The average Bonchev–Trinajstić information content (AvgIpc) is 3.09. The van der Waals surface area contributed by atoms with Crippen molar-refractivity contribution in [1.82, 2.24) is 14.5 Å². The van der Waals surface area contributed by atoms with Gasteiger partial charge in [-0.25, -0.2) is 4.98 Å². The fourth-order valence-corrected chi connectivity index (χ4v) is 3.44.